The fourth-order valence-electron chi connectivity index (χ4n) is 2.21. The molecule has 128 valence electrons. The van der Waals surface area contributed by atoms with Gasteiger partial charge in [-0.3, -0.25) is 4.79 Å². The summed E-state index contributed by atoms with van der Waals surface area (Å²) in [7, 11) is -3.57. The Morgan fingerprint density at radius 2 is 1.83 bits per heavy atom. The Bertz CT molecular complexity index is 654. The van der Waals surface area contributed by atoms with Crippen molar-refractivity contribution in [3.05, 3.63) is 29.8 Å². The van der Waals surface area contributed by atoms with E-state index in [1.807, 2.05) is 6.92 Å². The van der Waals surface area contributed by atoms with Crippen molar-refractivity contribution in [2.75, 3.05) is 5.75 Å². The average molecular weight is 341 g/mol. The Hall–Kier alpha value is -1.89. The second kappa shape index (κ2) is 8.67. The van der Waals surface area contributed by atoms with Crippen LogP contribution in [0.4, 0.5) is 0 Å². The molecule has 0 fully saturated rings. The molecule has 2 N–H and O–H groups in total. The number of carboxylic acid groups (broad SMARTS) is 1. The number of hydrogen-bond donors (Lipinski definition) is 2. The highest BCUT2D eigenvalue weighted by Crippen LogP contribution is 2.18. The van der Waals surface area contributed by atoms with Crippen molar-refractivity contribution in [3.8, 4) is 0 Å². The van der Waals surface area contributed by atoms with Crippen LogP contribution >= 0.6 is 0 Å². The second-order valence-corrected chi connectivity index (χ2v) is 7.40. The number of carbonyl (C=O) groups is 2. The minimum atomic E-state index is -3.57. The first-order chi connectivity index (χ1) is 10.8. The summed E-state index contributed by atoms with van der Waals surface area (Å²) in [5.74, 6) is -1.86. The summed E-state index contributed by atoms with van der Waals surface area (Å²) in [5, 5.41) is 11.6. The number of amides is 1. The maximum absolute atomic E-state index is 12.4. The van der Waals surface area contributed by atoms with E-state index in [4.69, 9.17) is 0 Å². The molecule has 0 radical (unpaired) electrons. The van der Waals surface area contributed by atoms with E-state index in [1.165, 1.54) is 12.1 Å². The second-order valence-electron chi connectivity index (χ2n) is 5.32. The van der Waals surface area contributed by atoms with Crippen LogP contribution in [-0.2, 0) is 14.6 Å². The molecule has 0 heterocycles. The Kier molecular flexibility index (Phi) is 7.22. The molecular formula is C16H23NO5S. The van der Waals surface area contributed by atoms with Crippen LogP contribution in [0, 0.1) is 0 Å². The van der Waals surface area contributed by atoms with Gasteiger partial charge in [0.2, 0.25) is 0 Å². The van der Waals surface area contributed by atoms with Gasteiger partial charge in [-0.05, 0) is 25.0 Å². The Labute approximate surface area is 136 Å². The molecule has 0 aliphatic rings. The third-order valence-corrected chi connectivity index (χ3v) is 5.36. The smallest absolute Gasteiger partial charge is 0.326 e. The van der Waals surface area contributed by atoms with Crippen molar-refractivity contribution >= 4 is 21.7 Å². The van der Waals surface area contributed by atoms with Crippen molar-refractivity contribution < 1.29 is 23.1 Å². The van der Waals surface area contributed by atoms with Gasteiger partial charge in [-0.2, -0.15) is 0 Å². The molecule has 0 aliphatic carbocycles. The molecular weight excluding hydrogens is 318 g/mol. The summed E-state index contributed by atoms with van der Waals surface area (Å²) in [6, 6.07) is 4.86. The molecule has 1 aromatic carbocycles. The first kappa shape index (κ1) is 19.2. The molecule has 0 bridgehead atoms. The summed E-state index contributed by atoms with van der Waals surface area (Å²) >= 11 is 0. The maximum atomic E-state index is 12.4. The summed E-state index contributed by atoms with van der Waals surface area (Å²) in [6.45, 7) is 3.67. The van der Waals surface area contributed by atoms with Gasteiger partial charge in [0.25, 0.3) is 5.91 Å². The zero-order valence-corrected chi connectivity index (χ0v) is 14.2. The molecule has 1 rings (SSSR count). The number of carbonyl (C=O) groups excluding carboxylic acids is 1. The van der Waals surface area contributed by atoms with Gasteiger partial charge in [0.1, 0.15) is 6.04 Å². The number of rotatable bonds is 9. The maximum Gasteiger partial charge on any atom is 0.326 e. The van der Waals surface area contributed by atoms with Crippen molar-refractivity contribution in [1.82, 2.24) is 5.32 Å². The van der Waals surface area contributed by atoms with E-state index in [2.05, 4.69) is 5.32 Å². The van der Waals surface area contributed by atoms with E-state index >= 15 is 0 Å². The van der Waals surface area contributed by atoms with E-state index in [9.17, 15) is 23.1 Å². The van der Waals surface area contributed by atoms with Crippen LogP contribution in [0.25, 0.3) is 0 Å². The van der Waals surface area contributed by atoms with E-state index in [0.29, 0.717) is 19.3 Å². The molecule has 7 heteroatoms. The van der Waals surface area contributed by atoms with Crippen LogP contribution in [0.2, 0.25) is 0 Å². The Morgan fingerprint density at radius 3 is 2.39 bits per heavy atom. The first-order valence-electron chi connectivity index (χ1n) is 7.69. The third kappa shape index (κ3) is 5.35. The molecule has 1 amide bonds. The van der Waals surface area contributed by atoms with E-state index < -0.39 is 27.8 Å². The van der Waals surface area contributed by atoms with Gasteiger partial charge < -0.3 is 10.4 Å². The highest BCUT2D eigenvalue weighted by molar-refractivity contribution is 7.91. The quantitative estimate of drug-likeness (QED) is 0.717. The molecule has 6 nitrogen and oxygen atoms in total. The normalized spacial score (nSPS) is 12.6. The lowest BCUT2D eigenvalue weighted by Gasteiger charge is -2.16. The average Bonchev–Trinajstić information content (AvgIpc) is 2.50. The van der Waals surface area contributed by atoms with E-state index in [1.54, 1.807) is 19.1 Å². The third-order valence-electron chi connectivity index (χ3n) is 3.39. The van der Waals surface area contributed by atoms with Gasteiger partial charge in [-0.25, -0.2) is 13.2 Å². The molecule has 1 atom stereocenters. The number of aliphatic carboxylic acids is 1. The van der Waals surface area contributed by atoms with Crippen LogP contribution < -0.4 is 5.32 Å². The van der Waals surface area contributed by atoms with Gasteiger partial charge in [0.05, 0.1) is 16.2 Å². The molecule has 1 unspecified atom stereocenters. The molecule has 0 aliphatic heterocycles. The Morgan fingerprint density at radius 1 is 1.17 bits per heavy atom. The number of sulfone groups is 1. The van der Waals surface area contributed by atoms with Crippen molar-refractivity contribution in [2.45, 2.75) is 50.5 Å². The zero-order chi connectivity index (χ0) is 17.5. The summed E-state index contributed by atoms with van der Waals surface area (Å²) in [5.41, 5.74) is -0.0105. The lowest BCUT2D eigenvalue weighted by Crippen LogP contribution is -2.41. The van der Waals surface area contributed by atoms with Crippen LogP contribution in [0.1, 0.15) is 49.9 Å². The molecule has 1 aromatic rings. The van der Waals surface area contributed by atoms with Gasteiger partial charge >= 0.3 is 5.97 Å². The highest BCUT2D eigenvalue weighted by atomic mass is 32.2. The van der Waals surface area contributed by atoms with Gasteiger partial charge in [0.15, 0.2) is 9.84 Å². The largest absolute Gasteiger partial charge is 0.480 e. The number of carboxylic acids is 1. The van der Waals surface area contributed by atoms with Crippen LogP contribution in [0.5, 0.6) is 0 Å². The van der Waals surface area contributed by atoms with Crippen molar-refractivity contribution in [3.63, 3.8) is 0 Å². The lowest BCUT2D eigenvalue weighted by molar-refractivity contribution is -0.139. The standard InChI is InChI=1S/C16H23NO5S/c1-3-5-9-13(16(19)20)17-15(18)12-8-6-7-10-14(12)23(21,22)11-4-2/h6-8,10,13H,3-5,9,11H2,1-2H3,(H,17,18)(H,19,20). The van der Waals surface area contributed by atoms with E-state index in [-0.39, 0.29) is 16.2 Å². The monoisotopic (exact) mass is 341 g/mol. The lowest BCUT2D eigenvalue weighted by atomic mass is 10.1. The molecule has 0 saturated carbocycles. The first-order valence-corrected chi connectivity index (χ1v) is 9.34. The summed E-state index contributed by atoms with van der Waals surface area (Å²) in [6.07, 6.45) is 2.21. The van der Waals surface area contributed by atoms with Crippen LogP contribution in [0.3, 0.4) is 0 Å². The SMILES string of the molecule is CCCCC(NC(=O)c1ccccc1S(=O)(=O)CCC)C(=O)O. The summed E-state index contributed by atoms with van der Waals surface area (Å²) < 4.78 is 24.5. The van der Waals surface area contributed by atoms with E-state index in [0.717, 1.165) is 6.42 Å². The molecule has 0 spiro atoms. The van der Waals surface area contributed by atoms with Gasteiger partial charge in [-0.1, -0.05) is 38.8 Å². The topological polar surface area (TPSA) is 101 Å². The number of benzene rings is 1. The molecule has 0 saturated heterocycles. The van der Waals surface area contributed by atoms with Crippen LogP contribution in [-0.4, -0.2) is 37.2 Å². The van der Waals surface area contributed by atoms with Crippen molar-refractivity contribution in [1.29, 1.82) is 0 Å². The number of nitrogens with one attached hydrogen (secondary N) is 1. The van der Waals surface area contributed by atoms with Gasteiger partial charge in [-0.15, -0.1) is 0 Å². The van der Waals surface area contributed by atoms with Gasteiger partial charge in [0, 0.05) is 0 Å². The Balaban J connectivity index is 3.07. The fraction of sp³-hybridized carbons (Fsp3) is 0.500. The fourth-order valence-corrected chi connectivity index (χ4v) is 3.74. The predicted octanol–water partition coefficient (Wildman–Crippen LogP) is 2.24. The molecule has 0 aromatic heterocycles. The van der Waals surface area contributed by atoms with Crippen LogP contribution in [0.15, 0.2) is 29.2 Å². The minimum Gasteiger partial charge on any atom is -0.480 e. The minimum absolute atomic E-state index is 0.0105. The predicted molar refractivity (Wildman–Crippen MR) is 87.2 cm³/mol. The number of hydrogen-bond acceptors (Lipinski definition) is 4. The summed E-state index contributed by atoms with van der Waals surface area (Å²) in [4.78, 5) is 23.5. The number of unbranched alkanes of at least 4 members (excludes halogenated alkanes) is 1. The highest BCUT2D eigenvalue weighted by Gasteiger charge is 2.25. The molecule has 23 heavy (non-hydrogen) atoms. The zero-order valence-electron chi connectivity index (χ0n) is 13.4. The van der Waals surface area contributed by atoms with Crippen molar-refractivity contribution in [2.24, 2.45) is 0 Å².